The molecule has 0 aliphatic heterocycles. The van der Waals surface area contributed by atoms with Gasteiger partial charge in [0.1, 0.15) is 6.04 Å². The molecule has 0 spiro atoms. The fourth-order valence-electron chi connectivity index (χ4n) is 2.72. The van der Waals surface area contributed by atoms with Gasteiger partial charge in [-0.2, -0.15) is 4.98 Å². The Morgan fingerprint density at radius 1 is 1.35 bits per heavy atom. The third kappa shape index (κ3) is 3.44. The second-order valence-corrected chi connectivity index (χ2v) is 6.68. The van der Waals surface area contributed by atoms with Gasteiger partial charge in [0.15, 0.2) is 0 Å². The summed E-state index contributed by atoms with van der Waals surface area (Å²) < 4.78 is 5.44. The fourth-order valence-corrected chi connectivity index (χ4v) is 2.72. The van der Waals surface area contributed by atoms with Gasteiger partial charge < -0.3 is 9.84 Å². The number of amides is 1. The first-order valence-corrected chi connectivity index (χ1v) is 8.25. The maximum atomic E-state index is 12.2. The molecule has 1 N–H and O–H groups in total. The number of carbonyl (C=O) groups is 1. The Balaban J connectivity index is 1.79. The number of carbonyl (C=O) groups excluding carboxylic acids is 1. The van der Waals surface area contributed by atoms with E-state index in [1.165, 1.54) is 0 Å². The van der Waals surface area contributed by atoms with Crippen LogP contribution in [-0.2, 0) is 4.79 Å². The van der Waals surface area contributed by atoms with E-state index in [0.717, 1.165) is 30.4 Å². The molecule has 1 aliphatic carbocycles. The van der Waals surface area contributed by atoms with E-state index < -0.39 is 0 Å². The van der Waals surface area contributed by atoms with E-state index in [2.05, 4.69) is 15.5 Å². The van der Waals surface area contributed by atoms with Crippen molar-refractivity contribution in [1.82, 2.24) is 15.5 Å². The summed E-state index contributed by atoms with van der Waals surface area (Å²) in [7, 11) is 0. The Bertz CT molecular complexity index is 689. The molecule has 0 radical (unpaired) electrons. The van der Waals surface area contributed by atoms with Crippen LogP contribution in [0.4, 0.5) is 0 Å². The summed E-state index contributed by atoms with van der Waals surface area (Å²) in [6.45, 7) is 6.12. The van der Waals surface area contributed by atoms with Gasteiger partial charge in [-0.15, -0.1) is 0 Å². The Morgan fingerprint density at radius 3 is 2.74 bits per heavy atom. The molecular weight excluding hydrogens is 290 g/mol. The number of nitrogens with one attached hydrogen (secondary N) is 1. The summed E-state index contributed by atoms with van der Waals surface area (Å²) in [5.74, 6) is 1.47. The van der Waals surface area contributed by atoms with Crippen LogP contribution < -0.4 is 5.32 Å². The van der Waals surface area contributed by atoms with Crippen molar-refractivity contribution in [2.24, 2.45) is 11.8 Å². The van der Waals surface area contributed by atoms with Crippen LogP contribution in [0.5, 0.6) is 0 Å². The van der Waals surface area contributed by atoms with Crippen molar-refractivity contribution in [3.63, 3.8) is 0 Å². The van der Waals surface area contributed by atoms with E-state index >= 15 is 0 Å². The lowest BCUT2D eigenvalue weighted by Gasteiger charge is -2.27. The van der Waals surface area contributed by atoms with Gasteiger partial charge in [0.25, 0.3) is 0 Å². The van der Waals surface area contributed by atoms with Crippen LogP contribution in [0.15, 0.2) is 28.8 Å². The molecule has 1 fully saturated rings. The van der Waals surface area contributed by atoms with Gasteiger partial charge in [-0.25, -0.2) is 0 Å². The van der Waals surface area contributed by atoms with Gasteiger partial charge in [0.2, 0.25) is 17.6 Å². The molecule has 1 aromatic carbocycles. The van der Waals surface area contributed by atoms with Crippen molar-refractivity contribution in [1.29, 1.82) is 0 Å². The highest BCUT2D eigenvalue weighted by Crippen LogP contribution is 2.29. The molecule has 1 saturated carbocycles. The van der Waals surface area contributed by atoms with Crippen LogP contribution in [0.25, 0.3) is 11.4 Å². The Morgan fingerprint density at radius 2 is 2.13 bits per heavy atom. The first-order valence-electron chi connectivity index (χ1n) is 8.25. The highest BCUT2D eigenvalue weighted by atomic mass is 16.5. The van der Waals surface area contributed by atoms with Gasteiger partial charge in [-0.1, -0.05) is 49.2 Å². The third-order valence-electron chi connectivity index (χ3n) is 4.42. The molecule has 1 aromatic heterocycles. The van der Waals surface area contributed by atoms with Gasteiger partial charge in [0.05, 0.1) is 0 Å². The normalized spacial score (nSPS) is 16.2. The zero-order valence-electron chi connectivity index (χ0n) is 13.9. The van der Waals surface area contributed by atoms with Gasteiger partial charge in [-0.05, 0) is 31.7 Å². The van der Waals surface area contributed by atoms with Crippen molar-refractivity contribution in [2.75, 3.05) is 0 Å². The summed E-state index contributed by atoms with van der Waals surface area (Å²) in [6, 6.07) is 7.73. The predicted octanol–water partition coefficient (Wildman–Crippen LogP) is 3.66. The number of aryl methyl sites for hydroxylation is 1. The van der Waals surface area contributed by atoms with E-state index in [4.69, 9.17) is 4.52 Å². The number of benzene rings is 1. The highest BCUT2D eigenvalue weighted by molar-refractivity contribution is 5.79. The highest BCUT2D eigenvalue weighted by Gasteiger charge is 2.30. The predicted molar refractivity (Wildman–Crippen MR) is 87.5 cm³/mol. The lowest BCUT2D eigenvalue weighted by Crippen LogP contribution is -2.38. The van der Waals surface area contributed by atoms with Crippen LogP contribution in [0, 0.1) is 18.8 Å². The van der Waals surface area contributed by atoms with Crippen molar-refractivity contribution < 1.29 is 9.32 Å². The lowest BCUT2D eigenvalue weighted by atomic mass is 9.84. The van der Waals surface area contributed by atoms with E-state index in [0.29, 0.717) is 11.7 Å². The molecule has 0 bridgehead atoms. The van der Waals surface area contributed by atoms with Crippen molar-refractivity contribution in [3.8, 4) is 11.4 Å². The number of rotatable bonds is 5. The molecule has 1 heterocycles. The third-order valence-corrected chi connectivity index (χ3v) is 4.42. The van der Waals surface area contributed by atoms with E-state index in [9.17, 15) is 4.79 Å². The minimum atomic E-state index is -0.242. The summed E-state index contributed by atoms with van der Waals surface area (Å²) in [4.78, 5) is 16.7. The summed E-state index contributed by atoms with van der Waals surface area (Å²) in [5.41, 5.74) is 2.07. The molecule has 5 nitrogen and oxygen atoms in total. The second kappa shape index (κ2) is 6.52. The smallest absolute Gasteiger partial charge is 0.249 e. The molecular formula is C18H23N3O2. The molecule has 122 valence electrons. The zero-order valence-corrected chi connectivity index (χ0v) is 13.9. The lowest BCUT2D eigenvalue weighted by molar-refractivity contribution is -0.128. The van der Waals surface area contributed by atoms with Crippen LogP contribution in [0.3, 0.4) is 0 Å². The first kappa shape index (κ1) is 15.7. The molecule has 5 heteroatoms. The minimum absolute atomic E-state index is 0.102. The van der Waals surface area contributed by atoms with Gasteiger partial charge in [-0.3, -0.25) is 4.79 Å². The average Bonchev–Trinajstić information content (AvgIpc) is 2.92. The minimum Gasteiger partial charge on any atom is -0.344 e. The molecule has 1 atom stereocenters. The molecule has 23 heavy (non-hydrogen) atoms. The topological polar surface area (TPSA) is 68.0 Å². The second-order valence-electron chi connectivity index (χ2n) is 6.68. The zero-order chi connectivity index (χ0) is 16.4. The van der Waals surface area contributed by atoms with E-state index in [1.54, 1.807) is 0 Å². The van der Waals surface area contributed by atoms with E-state index in [-0.39, 0.29) is 23.8 Å². The Labute approximate surface area is 136 Å². The maximum absolute atomic E-state index is 12.2. The Hall–Kier alpha value is -2.17. The van der Waals surface area contributed by atoms with Crippen LogP contribution in [0.1, 0.15) is 50.6 Å². The van der Waals surface area contributed by atoms with Crippen LogP contribution in [0.2, 0.25) is 0 Å². The molecule has 2 aromatic rings. The molecule has 0 saturated heterocycles. The fraction of sp³-hybridized carbons (Fsp3) is 0.500. The molecule has 0 unspecified atom stereocenters. The monoisotopic (exact) mass is 313 g/mol. The standard InChI is InChI=1S/C18H23N3O2/c1-11(2)15(19-17(22)13-7-5-8-13)18-20-16(21-23-18)14-9-4-6-12(3)10-14/h4,6,9-11,13,15H,5,7-8H2,1-3H3,(H,19,22)/t15-/m1/s1. The van der Waals surface area contributed by atoms with Gasteiger partial charge >= 0.3 is 0 Å². The number of hydrogen-bond acceptors (Lipinski definition) is 4. The summed E-state index contributed by atoms with van der Waals surface area (Å²) in [6.07, 6.45) is 3.10. The Kier molecular flexibility index (Phi) is 4.46. The molecule has 1 amide bonds. The average molecular weight is 313 g/mol. The van der Waals surface area contributed by atoms with Crippen molar-refractivity contribution in [2.45, 2.75) is 46.1 Å². The molecule has 3 rings (SSSR count). The summed E-state index contributed by atoms with van der Waals surface area (Å²) in [5, 5.41) is 7.16. The molecule has 1 aliphatic rings. The first-order chi connectivity index (χ1) is 11.0. The number of nitrogens with zero attached hydrogens (tertiary/aromatic N) is 2. The van der Waals surface area contributed by atoms with Crippen molar-refractivity contribution in [3.05, 3.63) is 35.7 Å². The van der Waals surface area contributed by atoms with Crippen LogP contribution >= 0.6 is 0 Å². The maximum Gasteiger partial charge on any atom is 0.249 e. The van der Waals surface area contributed by atoms with E-state index in [1.807, 2.05) is 45.0 Å². The number of hydrogen-bond donors (Lipinski definition) is 1. The number of aromatic nitrogens is 2. The van der Waals surface area contributed by atoms with Crippen LogP contribution in [-0.4, -0.2) is 16.0 Å². The van der Waals surface area contributed by atoms with Gasteiger partial charge in [0, 0.05) is 11.5 Å². The summed E-state index contributed by atoms with van der Waals surface area (Å²) >= 11 is 0. The SMILES string of the molecule is Cc1cccc(-c2noc([C@H](NC(=O)C3CCC3)C(C)C)n2)c1. The van der Waals surface area contributed by atoms with Crippen molar-refractivity contribution >= 4 is 5.91 Å². The quantitative estimate of drug-likeness (QED) is 0.914. The largest absolute Gasteiger partial charge is 0.344 e.